The van der Waals surface area contributed by atoms with Crippen molar-refractivity contribution < 1.29 is 4.42 Å². The van der Waals surface area contributed by atoms with Gasteiger partial charge in [0, 0.05) is 68.1 Å². The molecule has 0 aliphatic carbocycles. The number of thiophene rings is 2. The molecule has 0 atom stereocenters. The van der Waals surface area contributed by atoms with Gasteiger partial charge in [0.15, 0.2) is 0 Å². The summed E-state index contributed by atoms with van der Waals surface area (Å²) in [4.78, 5) is 2.46. The van der Waals surface area contributed by atoms with Crippen molar-refractivity contribution in [2.24, 2.45) is 0 Å². The fourth-order valence-corrected chi connectivity index (χ4v) is 11.1. The summed E-state index contributed by atoms with van der Waals surface area (Å²) in [5.74, 6) is 0. The van der Waals surface area contributed by atoms with E-state index in [1.54, 1.807) is 0 Å². The number of anilines is 3. The minimum absolute atomic E-state index is 0.896. The summed E-state index contributed by atoms with van der Waals surface area (Å²) in [5, 5.41) is 7.40. The molecule has 0 aliphatic heterocycles. The van der Waals surface area contributed by atoms with Gasteiger partial charge in [0.2, 0.25) is 0 Å². The van der Waals surface area contributed by atoms with E-state index in [9.17, 15) is 0 Å². The third kappa shape index (κ3) is 5.30. The van der Waals surface area contributed by atoms with Crippen molar-refractivity contribution in [3.63, 3.8) is 0 Å². The van der Waals surface area contributed by atoms with Crippen LogP contribution >= 0.6 is 22.7 Å². The molecule has 0 fully saturated rings. The highest BCUT2D eigenvalue weighted by atomic mass is 32.1. The Bertz CT molecular complexity index is 3500. The number of benzene rings is 9. The van der Waals surface area contributed by atoms with Crippen LogP contribution < -0.4 is 4.90 Å². The molecule has 0 aliphatic rings. The molecule has 4 heteroatoms. The van der Waals surface area contributed by atoms with Crippen LogP contribution in [-0.4, -0.2) is 0 Å². The molecule has 0 saturated heterocycles. The normalized spacial score (nSPS) is 11.8. The Morgan fingerprint density at radius 2 is 1.00 bits per heavy atom. The van der Waals surface area contributed by atoms with E-state index in [2.05, 4.69) is 205 Å². The molecule has 3 heterocycles. The lowest BCUT2D eigenvalue weighted by Gasteiger charge is -2.27. The number of furan rings is 1. The van der Waals surface area contributed by atoms with Gasteiger partial charge in [-0.25, -0.2) is 0 Å². The molecule has 272 valence electrons. The third-order valence-electron chi connectivity index (χ3n) is 11.5. The molecule has 0 unspecified atom stereocenters. The van der Waals surface area contributed by atoms with Crippen molar-refractivity contribution in [2.45, 2.75) is 0 Å². The number of rotatable bonds is 6. The smallest absolute Gasteiger partial charge is 0.143 e. The van der Waals surface area contributed by atoms with E-state index in [4.69, 9.17) is 4.42 Å². The van der Waals surface area contributed by atoms with Gasteiger partial charge in [-0.2, -0.15) is 0 Å². The summed E-state index contributed by atoms with van der Waals surface area (Å²) >= 11 is 3.74. The summed E-state index contributed by atoms with van der Waals surface area (Å²) < 4.78 is 11.7. The second kappa shape index (κ2) is 13.3. The lowest BCUT2D eigenvalue weighted by molar-refractivity contribution is 0.670. The average Bonchev–Trinajstić information content (AvgIpc) is 3.99. The quantitative estimate of drug-likeness (QED) is 0.167. The standard InChI is InChI=1S/C54H33NOS2/c1-3-12-35(13-4-1)40-18-11-19-44-46-32-37(24-31-48(46)56-53(40)44)34-22-25-38(26-23-34)55(39-27-28-43-42-16-7-9-20-49(42)57-51(43)33-39)47-30-29-41(36-14-5-2-6-15-36)54-52(47)45-17-8-10-21-50(45)58-54/h1-33H. The van der Waals surface area contributed by atoms with Crippen LogP contribution in [-0.2, 0) is 0 Å². The first-order valence-corrected chi connectivity index (χ1v) is 21.2. The second-order valence-corrected chi connectivity index (χ2v) is 17.0. The Morgan fingerprint density at radius 1 is 0.362 bits per heavy atom. The molecular weight excluding hydrogens is 743 g/mol. The molecule has 2 nitrogen and oxygen atoms in total. The van der Waals surface area contributed by atoms with E-state index in [1.165, 1.54) is 57.2 Å². The molecule has 0 amide bonds. The molecule has 0 spiro atoms. The van der Waals surface area contributed by atoms with Crippen LogP contribution in [0.5, 0.6) is 0 Å². The number of nitrogens with zero attached hydrogens (tertiary/aromatic N) is 1. The van der Waals surface area contributed by atoms with Gasteiger partial charge in [0.25, 0.3) is 0 Å². The van der Waals surface area contributed by atoms with Gasteiger partial charge < -0.3 is 9.32 Å². The second-order valence-electron chi connectivity index (χ2n) is 14.8. The first kappa shape index (κ1) is 33.2. The van der Waals surface area contributed by atoms with Crippen LogP contribution in [0.25, 0.3) is 95.7 Å². The SMILES string of the molecule is c1ccc(-c2cccc3c2oc2ccc(-c4ccc(N(c5ccc6c(c5)sc5ccccc56)c5ccc(-c6ccccc6)c6sc7ccccc7c56)cc4)cc23)cc1. The number of hydrogen-bond donors (Lipinski definition) is 0. The van der Waals surface area contributed by atoms with Crippen LogP contribution in [0, 0.1) is 0 Å². The molecule has 0 bridgehead atoms. The van der Waals surface area contributed by atoms with Crippen molar-refractivity contribution in [1.29, 1.82) is 0 Å². The Kier molecular flexibility index (Phi) is 7.62. The molecule has 0 radical (unpaired) electrons. The summed E-state index contributed by atoms with van der Waals surface area (Å²) in [6.45, 7) is 0. The predicted octanol–water partition coefficient (Wildman–Crippen LogP) is 16.8. The number of hydrogen-bond acceptors (Lipinski definition) is 4. The topological polar surface area (TPSA) is 16.4 Å². The van der Waals surface area contributed by atoms with Gasteiger partial charge in [-0.15, -0.1) is 22.7 Å². The first-order valence-electron chi connectivity index (χ1n) is 19.6. The Labute approximate surface area is 343 Å². The molecule has 58 heavy (non-hydrogen) atoms. The number of fused-ring (bicyclic) bond motifs is 9. The van der Waals surface area contributed by atoms with E-state index in [0.29, 0.717) is 0 Å². The Morgan fingerprint density at radius 3 is 1.79 bits per heavy atom. The maximum Gasteiger partial charge on any atom is 0.143 e. The zero-order chi connectivity index (χ0) is 38.2. The Hall–Kier alpha value is -6.98. The molecule has 0 saturated carbocycles. The van der Waals surface area contributed by atoms with E-state index >= 15 is 0 Å². The monoisotopic (exact) mass is 775 g/mol. The summed E-state index contributed by atoms with van der Waals surface area (Å²) in [7, 11) is 0. The van der Waals surface area contributed by atoms with E-state index in [1.807, 2.05) is 22.7 Å². The van der Waals surface area contributed by atoms with Crippen molar-refractivity contribution in [2.75, 3.05) is 4.90 Å². The third-order valence-corrected chi connectivity index (χ3v) is 13.8. The van der Waals surface area contributed by atoms with Crippen LogP contribution in [0.2, 0.25) is 0 Å². The van der Waals surface area contributed by atoms with Crippen molar-refractivity contribution >= 4 is 102 Å². The zero-order valence-electron chi connectivity index (χ0n) is 31.2. The van der Waals surface area contributed by atoms with Gasteiger partial charge in [-0.05, 0) is 82.4 Å². The highest BCUT2D eigenvalue weighted by molar-refractivity contribution is 7.26. The molecule has 0 N–H and O–H groups in total. The lowest BCUT2D eigenvalue weighted by Crippen LogP contribution is -2.10. The van der Waals surface area contributed by atoms with Gasteiger partial charge in [-0.3, -0.25) is 0 Å². The molecule has 12 aromatic rings. The van der Waals surface area contributed by atoms with Crippen LogP contribution in [0.3, 0.4) is 0 Å². The van der Waals surface area contributed by atoms with Gasteiger partial charge in [0.1, 0.15) is 11.2 Å². The van der Waals surface area contributed by atoms with Gasteiger partial charge in [0.05, 0.1) is 5.69 Å². The largest absolute Gasteiger partial charge is 0.455 e. The fourth-order valence-electron chi connectivity index (χ4n) is 8.75. The lowest BCUT2D eigenvalue weighted by atomic mass is 9.99. The number of para-hydroxylation sites is 1. The maximum absolute atomic E-state index is 6.52. The van der Waals surface area contributed by atoms with Gasteiger partial charge >= 0.3 is 0 Å². The summed E-state index contributed by atoms with van der Waals surface area (Å²) in [5.41, 5.74) is 12.3. The molecule has 9 aromatic carbocycles. The van der Waals surface area contributed by atoms with Crippen LogP contribution in [0.15, 0.2) is 205 Å². The molecule has 3 aromatic heterocycles. The fraction of sp³-hybridized carbons (Fsp3) is 0. The van der Waals surface area contributed by atoms with Crippen LogP contribution in [0.4, 0.5) is 17.1 Å². The zero-order valence-corrected chi connectivity index (χ0v) is 32.9. The molecular formula is C54H33NOS2. The maximum atomic E-state index is 6.52. The van der Waals surface area contributed by atoms with Gasteiger partial charge in [-0.1, -0.05) is 146 Å². The summed E-state index contributed by atoms with van der Waals surface area (Å²) in [6, 6.07) is 72.6. The minimum atomic E-state index is 0.896. The van der Waals surface area contributed by atoms with E-state index in [0.717, 1.165) is 55.6 Å². The minimum Gasteiger partial charge on any atom is -0.455 e. The van der Waals surface area contributed by atoms with E-state index in [-0.39, 0.29) is 0 Å². The van der Waals surface area contributed by atoms with E-state index < -0.39 is 0 Å². The highest BCUT2D eigenvalue weighted by Gasteiger charge is 2.22. The first-order chi connectivity index (χ1) is 28.7. The molecule has 12 rings (SSSR count). The highest BCUT2D eigenvalue weighted by Crippen LogP contribution is 2.49. The van der Waals surface area contributed by atoms with Crippen molar-refractivity contribution in [3.05, 3.63) is 200 Å². The van der Waals surface area contributed by atoms with Crippen LogP contribution in [0.1, 0.15) is 0 Å². The summed E-state index contributed by atoms with van der Waals surface area (Å²) in [6.07, 6.45) is 0. The average molecular weight is 776 g/mol. The Balaban J connectivity index is 1.03. The van der Waals surface area contributed by atoms with Crippen molar-refractivity contribution in [3.8, 4) is 33.4 Å². The van der Waals surface area contributed by atoms with Crippen molar-refractivity contribution in [1.82, 2.24) is 0 Å². The predicted molar refractivity (Wildman–Crippen MR) is 250 cm³/mol.